The minimum Gasteiger partial charge on any atom is -0.358 e. The van der Waals surface area contributed by atoms with Gasteiger partial charge < -0.3 is 10.1 Å². The van der Waals surface area contributed by atoms with E-state index in [2.05, 4.69) is 5.10 Å². The minimum atomic E-state index is -0.623. The average Bonchev–Trinajstić information content (AvgIpc) is 2.10. The van der Waals surface area contributed by atoms with Crippen molar-refractivity contribution in [3.8, 4) is 0 Å². The molecule has 0 radical (unpaired) electrons. The van der Waals surface area contributed by atoms with Gasteiger partial charge in [0.1, 0.15) is 0 Å². The summed E-state index contributed by atoms with van der Waals surface area (Å²) in [5, 5.41) is 13.6. The van der Waals surface area contributed by atoms with E-state index in [0.29, 0.717) is 0 Å². The van der Waals surface area contributed by atoms with Crippen LogP contribution in [-0.4, -0.2) is 14.7 Å². The number of hydrogen-bond donors (Lipinski definition) is 0. The van der Waals surface area contributed by atoms with E-state index < -0.39 is 4.92 Å². The Morgan fingerprint density at radius 2 is 2.50 bits per heavy atom. The van der Waals surface area contributed by atoms with Crippen molar-refractivity contribution in [2.24, 2.45) is 7.05 Å². The standard InChI is InChI=1S/C4H4ClN3O2/c1-7-2-3(5)4(6-7)8(9)10/h2H,1H3. The second-order valence-electron chi connectivity index (χ2n) is 1.73. The molecule has 6 heteroatoms. The van der Waals surface area contributed by atoms with Crippen LogP contribution in [0, 0.1) is 10.1 Å². The van der Waals surface area contributed by atoms with Gasteiger partial charge in [-0.15, -0.1) is 0 Å². The van der Waals surface area contributed by atoms with Crippen LogP contribution >= 0.6 is 11.6 Å². The van der Waals surface area contributed by atoms with Gasteiger partial charge in [-0.05, 0) is 4.92 Å². The first-order valence-corrected chi connectivity index (χ1v) is 2.82. The molecule has 5 nitrogen and oxygen atoms in total. The molecule has 0 saturated heterocycles. The highest BCUT2D eigenvalue weighted by atomic mass is 35.5. The van der Waals surface area contributed by atoms with Crippen molar-refractivity contribution in [3.63, 3.8) is 0 Å². The third-order valence-corrected chi connectivity index (χ3v) is 1.21. The fourth-order valence-electron chi connectivity index (χ4n) is 0.572. The van der Waals surface area contributed by atoms with Gasteiger partial charge in [-0.1, -0.05) is 11.6 Å². The van der Waals surface area contributed by atoms with Crippen molar-refractivity contribution in [1.29, 1.82) is 0 Å². The zero-order valence-electron chi connectivity index (χ0n) is 5.11. The Bertz CT molecular complexity index is 269. The second kappa shape index (κ2) is 2.26. The van der Waals surface area contributed by atoms with E-state index in [4.69, 9.17) is 11.6 Å². The molecule has 10 heavy (non-hydrogen) atoms. The number of aromatic nitrogens is 2. The third-order valence-electron chi connectivity index (χ3n) is 0.939. The first-order valence-electron chi connectivity index (χ1n) is 2.45. The summed E-state index contributed by atoms with van der Waals surface area (Å²) in [6.45, 7) is 0. The number of nitro groups is 1. The van der Waals surface area contributed by atoms with Crippen LogP contribution in [0.2, 0.25) is 5.02 Å². The van der Waals surface area contributed by atoms with Crippen LogP contribution in [0.5, 0.6) is 0 Å². The van der Waals surface area contributed by atoms with Crippen molar-refractivity contribution in [1.82, 2.24) is 9.78 Å². The summed E-state index contributed by atoms with van der Waals surface area (Å²) in [6.07, 6.45) is 1.37. The molecule has 0 fully saturated rings. The monoisotopic (exact) mass is 161 g/mol. The van der Waals surface area contributed by atoms with E-state index in [9.17, 15) is 10.1 Å². The average molecular weight is 162 g/mol. The van der Waals surface area contributed by atoms with Gasteiger partial charge in [0.2, 0.25) is 0 Å². The Morgan fingerprint density at radius 1 is 1.90 bits per heavy atom. The quantitative estimate of drug-likeness (QED) is 0.456. The molecule has 0 amide bonds. The molecule has 0 N–H and O–H groups in total. The van der Waals surface area contributed by atoms with Gasteiger partial charge in [-0.3, -0.25) is 0 Å². The van der Waals surface area contributed by atoms with Gasteiger partial charge in [0.15, 0.2) is 5.02 Å². The maximum atomic E-state index is 10.1. The summed E-state index contributed by atoms with van der Waals surface area (Å²) in [6, 6.07) is 0. The maximum Gasteiger partial charge on any atom is 0.408 e. The van der Waals surface area contributed by atoms with Crippen LogP contribution in [0.25, 0.3) is 0 Å². The molecule has 1 heterocycles. The summed E-state index contributed by atoms with van der Waals surface area (Å²) in [5.74, 6) is -0.302. The number of halogens is 1. The Kier molecular flexibility index (Phi) is 1.58. The van der Waals surface area contributed by atoms with Crippen molar-refractivity contribution in [2.75, 3.05) is 0 Å². The van der Waals surface area contributed by atoms with Crippen LogP contribution in [0.3, 0.4) is 0 Å². The topological polar surface area (TPSA) is 61.0 Å². The highest BCUT2D eigenvalue weighted by Gasteiger charge is 2.16. The van der Waals surface area contributed by atoms with E-state index in [1.165, 1.54) is 10.9 Å². The molecule has 0 bridgehead atoms. The Morgan fingerprint density at radius 3 is 2.70 bits per heavy atom. The van der Waals surface area contributed by atoms with Gasteiger partial charge in [-0.25, -0.2) is 0 Å². The molecule has 0 spiro atoms. The van der Waals surface area contributed by atoms with Crippen LogP contribution < -0.4 is 0 Å². The minimum absolute atomic E-state index is 0.0625. The maximum absolute atomic E-state index is 10.1. The smallest absolute Gasteiger partial charge is 0.358 e. The van der Waals surface area contributed by atoms with Gasteiger partial charge >= 0.3 is 5.82 Å². The number of aryl methyl sites for hydroxylation is 1. The Labute approximate surface area is 61.4 Å². The van der Waals surface area contributed by atoms with Gasteiger partial charge in [-0.2, -0.15) is 4.68 Å². The van der Waals surface area contributed by atoms with Crippen molar-refractivity contribution >= 4 is 17.4 Å². The predicted octanol–water partition coefficient (Wildman–Crippen LogP) is 0.982. The highest BCUT2D eigenvalue weighted by Crippen LogP contribution is 2.19. The van der Waals surface area contributed by atoms with Crippen molar-refractivity contribution in [3.05, 3.63) is 21.3 Å². The molecule has 0 aliphatic rings. The predicted molar refractivity (Wildman–Crippen MR) is 34.9 cm³/mol. The lowest BCUT2D eigenvalue weighted by atomic mass is 10.6. The summed E-state index contributed by atoms with van der Waals surface area (Å²) in [7, 11) is 1.57. The molecule has 54 valence electrons. The molecule has 0 saturated carbocycles. The van der Waals surface area contributed by atoms with Gasteiger partial charge in [0.25, 0.3) is 0 Å². The SMILES string of the molecule is Cn1cc(Cl)c([N+](=O)[O-])n1. The summed E-state index contributed by atoms with van der Waals surface area (Å²) < 4.78 is 1.29. The van der Waals surface area contributed by atoms with E-state index in [1.54, 1.807) is 7.05 Å². The number of rotatable bonds is 1. The van der Waals surface area contributed by atoms with Gasteiger partial charge in [0.05, 0.1) is 18.3 Å². The van der Waals surface area contributed by atoms with Crippen molar-refractivity contribution in [2.45, 2.75) is 0 Å². The van der Waals surface area contributed by atoms with Crippen LogP contribution in [0.15, 0.2) is 6.20 Å². The molecule has 1 aromatic heterocycles. The fourth-order valence-corrected chi connectivity index (χ4v) is 0.820. The van der Waals surface area contributed by atoms with Crippen LogP contribution in [0.1, 0.15) is 0 Å². The lowest BCUT2D eigenvalue weighted by Crippen LogP contribution is -1.92. The Balaban J connectivity index is 3.15. The van der Waals surface area contributed by atoms with E-state index in [0.717, 1.165) is 0 Å². The molecule has 1 aromatic rings. The second-order valence-corrected chi connectivity index (χ2v) is 2.14. The first kappa shape index (κ1) is 7.01. The molecule has 0 unspecified atom stereocenters. The zero-order chi connectivity index (χ0) is 7.72. The van der Waals surface area contributed by atoms with E-state index >= 15 is 0 Å². The van der Waals surface area contributed by atoms with Crippen molar-refractivity contribution < 1.29 is 4.92 Å². The largest absolute Gasteiger partial charge is 0.408 e. The third kappa shape index (κ3) is 1.08. The molecular formula is C4H4ClN3O2. The fraction of sp³-hybridized carbons (Fsp3) is 0.250. The summed E-state index contributed by atoms with van der Waals surface area (Å²) >= 11 is 5.42. The lowest BCUT2D eigenvalue weighted by molar-refractivity contribution is -0.389. The highest BCUT2D eigenvalue weighted by molar-refractivity contribution is 6.32. The number of nitrogens with zero attached hydrogens (tertiary/aromatic N) is 3. The molecular weight excluding hydrogens is 158 g/mol. The van der Waals surface area contributed by atoms with Crippen LogP contribution in [-0.2, 0) is 7.05 Å². The Hall–Kier alpha value is -1.10. The zero-order valence-corrected chi connectivity index (χ0v) is 5.87. The summed E-state index contributed by atoms with van der Waals surface area (Å²) in [4.78, 5) is 9.46. The molecule has 0 atom stereocenters. The molecule has 0 aliphatic carbocycles. The van der Waals surface area contributed by atoms with E-state index in [1.807, 2.05) is 0 Å². The summed E-state index contributed by atoms with van der Waals surface area (Å²) in [5.41, 5.74) is 0. The molecule has 0 aliphatic heterocycles. The van der Waals surface area contributed by atoms with Gasteiger partial charge in [0, 0.05) is 0 Å². The lowest BCUT2D eigenvalue weighted by Gasteiger charge is -1.83. The number of hydrogen-bond acceptors (Lipinski definition) is 3. The molecule has 0 aromatic carbocycles. The first-order chi connectivity index (χ1) is 4.61. The van der Waals surface area contributed by atoms with E-state index in [-0.39, 0.29) is 10.8 Å². The molecule has 1 rings (SSSR count). The normalized spacial score (nSPS) is 9.80. The van der Waals surface area contributed by atoms with Crippen LogP contribution in [0.4, 0.5) is 5.82 Å².